The van der Waals surface area contributed by atoms with Crippen LogP contribution < -0.4 is 11.5 Å². The number of benzene rings is 1. The van der Waals surface area contributed by atoms with E-state index in [1.165, 1.54) is 12.2 Å². The highest BCUT2D eigenvalue weighted by Gasteiger charge is 2.42. The average molecular weight is 406 g/mol. The molecule has 0 bridgehead atoms. The van der Waals surface area contributed by atoms with Crippen LogP contribution in [0.2, 0.25) is 0 Å². The summed E-state index contributed by atoms with van der Waals surface area (Å²) >= 11 is 2.06. The monoisotopic (exact) mass is 405 g/mol. The lowest BCUT2D eigenvalue weighted by atomic mass is 9.79. The molecule has 1 aromatic carbocycles. The molecule has 0 aliphatic carbocycles. The Hall–Kier alpha value is -1.08. The van der Waals surface area contributed by atoms with E-state index in [2.05, 4.69) is 16.7 Å². The molecule has 2 fully saturated rings. The average Bonchev–Trinajstić information content (AvgIpc) is 3.09. The lowest BCUT2D eigenvalue weighted by Crippen LogP contribution is -2.54. The second kappa shape index (κ2) is 9.16. The first-order valence-electron chi connectivity index (χ1n) is 10.4. The number of piperidine rings is 1. The number of hydrogen-bond acceptors (Lipinski definition) is 5. The Bertz CT molecular complexity index is 654. The van der Waals surface area contributed by atoms with Crippen LogP contribution in [0.1, 0.15) is 38.7 Å². The standard InChI is InChI=1S/C22H35N3O2S/c1-22(2,21(24)27)12-17-11-20-16(8-9-28-20)13-25(17)14-19(26)18(23)10-15-6-4-3-5-7-15/h3-7,16-20,26H,8-14,23H2,1-2H3,(H2,24,27)/t16-,17+,18+,19-,20+/m0/s1. The summed E-state index contributed by atoms with van der Waals surface area (Å²) in [6.45, 7) is 5.39. The van der Waals surface area contributed by atoms with E-state index in [1.807, 2.05) is 44.2 Å². The minimum atomic E-state index is -0.593. The van der Waals surface area contributed by atoms with Gasteiger partial charge in [0.25, 0.3) is 0 Å². The van der Waals surface area contributed by atoms with Crippen LogP contribution in [0.15, 0.2) is 30.3 Å². The van der Waals surface area contributed by atoms with Gasteiger partial charge in [0.05, 0.1) is 6.10 Å². The molecule has 0 spiro atoms. The van der Waals surface area contributed by atoms with E-state index in [9.17, 15) is 9.90 Å². The molecule has 0 radical (unpaired) electrons. The summed E-state index contributed by atoms with van der Waals surface area (Å²) in [5.41, 5.74) is 12.6. The number of aliphatic hydroxyl groups excluding tert-OH is 1. The molecule has 28 heavy (non-hydrogen) atoms. The second-order valence-electron chi connectivity index (χ2n) is 9.17. The number of hydrogen-bond donors (Lipinski definition) is 3. The summed E-state index contributed by atoms with van der Waals surface area (Å²) in [6.07, 6.45) is 3.10. The first kappa shape index (κ1) is 21.6. The molecule has 2 heterocycles. The summed E-state index contributed by atoms with van der Waals surface area (Å²) in [4.78, 5) is 14.3. The highest BCUT2D eigenvalue weighted by Crippen LogP contribution is 2.42. The molecule has 156 valence electrons. The molecule has 0 aromatic heterocycles. The maximum Gasteiger partial charge on any atom is 0.223 e. The normalized spacial score (nSPS) is 27.9. The van der Waals surface area contributed by atoms with Crippen molar-refractivity contribution >= 4 is 17.7 Å². The summed E-state index contributed by atoms with van der Waals surface area (Å²) in [6, 6.07) is 10.0. The van der Waals surface area contributed by atoms with Crippen LogP contribution in [0.3, 0.4) is 0 Å². The number of nitrogens with zero attached hydrogens (tertiary/aromatic N) is 1. The van der Waals surface area contributed by atoms with E-state index in [-0.39, 0.29) is 18.0 Å². The van der Waals surface area contributed by atoms with E-state index in [0.29, 0.717) is 24.1 Å². The first-order chi connectivity index (χ1) is 13.3. The number of amides is 1. The number of likely N-dealkylation sites (tertiary alicyclic amines) is 1. The molecule has 5 N–H and O–H groups in total. The molecule has 0 unspecified atom stereocenters. The van der Waals surface area contributed by atoms with Crippen molar-refractivity contribution in [1.29, 1.82) is 0 Å². The maximum atomic E-state index is 11.9. The molecule has 1 amide bonds. The maximum absolute atomic E-state index is 11.9. The van der Waals surface area contributed by atoms with Crippen molar-refractivity contribution in [3.63, 3.8) is 0 Å². The van der Waals surface area contributed by atoms with Crippen molar-refractivity contribution in [1.82, 2.24) is 4.90 Å². The smallest absolute Gasteiger partial charge is 0.223 e. The Morgan fingerprint density at radius 2 is 2.07 bits per heavy atom. The third-order valence-corrected chi connectivity index (χ3v) is 7.96. The Balaban J connectivity index is 1.66. The highest BCUT2D eigenvalue weighted by atomic mass is 32.2. The number of nitrogens with two attached hydrogens (primary N) is 2. The van der Waals surface area contributed by atoms with Gasteiger partial charge >= 0.3 is 0 Å². The molecule has 2 aliphatic heterocycles. The van der Waals surface area contributed by atoms with Gasteiger partial charge in [0.1, 0.15) is 0 Å². The number of fused-ring (bicyclic) bond motifs is 1. The number of β-amino-alcohol motifs (C(OH)–C–C–N with tert-alkyl or cyclic N) is 1. The molecule has 2 aliphatic rings. The minimum absolute atomic E-state index is 0.255. The molecular weight excluding hydrogens is 370 g/mol. The quantitative estimate of drug-likeness (QED) is 0.615. The number of carbonyl (C=O) groups is 1. The summed E-state index contributed by atoms with van der Waals surface area (Å²) < 4.78 is 0. The number of thioether (sulfide) groups is 1. The van der Waals surface area contributed by atoms with Gasteiger partial charge < -0.3 is 16.6 Å². The minimum Gasteiger partial charge on any atom is -0.390 e. The largest absolute Gasteiger partial charge is 0.390 e. The molecule has 5 nitrogen and oxygen atoms in total. The topological polar surface area (TPSA) is 92.6 Å². The zero-order valence-corrected chi connectivity index (χ0v) is 17.9. The molecule has 6 heteroatoms. The molecule has 5 atom stereocenters. The van der Waals surface area contributed by atoms with Crippen LogP contribution in [-0.4, -0.2) is 58.2 Å². The fourth-order valence-corrected chi connectivity index (χ4v) is 6.15. The fourth-order valence-electron chi connectivity index (χ4n) is 4.55. The van der Waals surface area contributed by atoms with E-state index < -0.39 is 11.5 Å². The summed E-state index contributed by atoms with van der Waals surface area (Å²) in [5, 5.41) is 11.5. The van der Waals surface area contributed by atoms with Gasteiger partial charge in [-0.2, -0.15) is 11.8 Å². The first-order valence-corrected chi connectivity index (χ1v) is 11.4. The van der Waals surface area contributed by atoms with Crippen molar-refractivity contribution < 1.29 is 9.90 Å². The second-order valence-corrected chi connectivity index (χ2v) is 10.5. The number of primary amides is 1. The summed E-state index contributed by atoms with van der Waals surface area (Å²) in [5.74, 6) is 1.64. The van der Waals surface area contributed by atoms with E-state index >= 15 is 0 Å². The van der Waals surface area contributed by atoms with E-state index in [4.69, 9.17) is 11.5 Å². The Morgan fingerprint density at radius 3 is 2.75 bits per heavy atom. The van der Waals surface area contributed by atoms with Gasteiger partial charge in [-0.25, -0.2) is 0 Å². The lowest BCUT2D eigenvalue weighted by Gasteiger charge is -2.45. The number of carbonyl (C=O) groups excluding carboxylic acids is 1. The molecule has 1 aromatic rings. The Morgan fingerprint density at radius 1 is 1.36 bits per heavy atom. The van der Waals surface area contributed by atoms with Gasteiger partial charge in [0.2, 0.25) is 5.91 Å². The zero-order valence-electron chi connectivity index (χ0n) is 17.1. The van der Waals surface area contributed by atoms with Gasteiger partial charge in [-0.3, -0.25) is 9.69 Å². The fraction of sp³-hybridized carbons (Fsp3) is 0.682. The van der Waals surface area contributed by atoms with Crippen LogP contribution in [0.5, 0.6) is 0 Å². The third kappa shape index (κ3) is 5.29. The van der Waals surface area contributed by atoms with Crippen LogP contribution in [-0.2, 0) is 11.2 Å². The van der Waals surface area contributed by atoms with Gasteiger partial charge in [-0.15, -0.1) is 0 Å². The van der Waals surface area contributed by atoms with Gasteiger partial charge in [-0.05, 0) is 42.9 Å². The van der Waals surface area contributed by atoms with Crippen LogP contribution in [0, 0.1) is 11.3 Å². The van der Waals surface area contributed by atoms with E-state index in [0.717, 1.165) is 24.9 Å². The number of rotatable bonds is 8. The molecule has 3 rings (SSSR count). The molecule has 0 saturated carbocycles. The molecular formula is C22H35N3O2S. The van der Waals surface area contributed by atoms with Crippen molar-refractivity contribution in [2.45, 2.75) is 63.0 Å². The van der Waals surface area contributed by atoms with Gasteiger partial charge in [0, 0.05) is 35.8 Å². The van der Waals surface area contributed by atoms with Crippen LogP contribution in [0.25, 0.3) is 0 Å². The van der Waals surface area contributed by atoms with Crippen LogP contribution >= 0.6 is 11.8 Å². The third-order valence-electron chi connectivity index (χ3n) is 6.48. The van der Waals surface area contributed by atoms with Crippen molar-refractivity contribution in [2.75, 3.05) is 18.8 Å². The van der Waals surface area contributed by atoms with Crippen molar-refractivity contribution in [3.05, 3.63) is 35.9 Å². The van der Waals surface area contributed by atoms with Gasteiger partial charge in [-0.1, -0.05) is 44.2 Å². The van der Waals surface area contributed by atoms with E-state index in [1.54, 1.807) is 0 Å². The van der Waals surface area contributed by atoms with Crippen LogP contribution in [0.4, 0.5) is 0 Å². The predicted octanol–water partition coefficient (Wildman–Crippen LogP) is 2.01. The van der Waals surface area contributed by atoms with Crippen molar-refractivity contribution in [3.8, 4) is 0 Å². The predicted molar refractivity (Wildman–Crippen MR) is 116 cm³/mol. The van der Waals surface area contributed by atoms with Gasteiger partial charge in [0.15, 0.2) is 0 Å². The Kier molecular flexibility index (Phi) is 7.07. The Labute approximate surface area is 173 Å². The zero-order chi connectivity index (χ0) is 20.3. The lowest BCUT2D eigenvalue weighted by molar-refractivity contribution is -0.127. The van der Waals surface area contributed by atoms with Crippen molar-refractivity contribution in [2.24, 2.45) is 22.8 Å². The SMILES string of the molecule is CC(C)(C[C@H]1C[C@H]2SCC[C@H]2CN1C[C@H](O)[C@H](N)Cc1ccccc1)C(N)=O. The highest BCUT2D eigenvalue weighted by molar-refractivity contribution is 8.00. The molecule has 2 saturated heterocycles. The number of aliphatic hydroxyl groups is 1. The summed E-state index contributed by atoms with van der Waals surface area (Å²) in [7, 11) is 0.